The number of rotatable bonds is 3. The summed E-state index contributed by atoms with van der Waals surface area (Å²) in [4.78, 5) is 0. The van der Waals surface area contributed by atoms with Crippen LogP contribution in [0.3, 0.4) is 0 Å². The molecular weight excluding hydrogens is 667 g/mol. The third kappa shape index (κ3) is 8.96. The van der Waals surface area contributed by atoms with Crippen molar-refractivity contribution in [1.29, 1.82) is 0 Å². The first kappa shape index (κ1) is 32.8. The first-order valence-electron chi connectivity index (χ1n) is 11.9. The SMILES string of the molecule is Cc1cc(C)n([BH-](n2nc(C)cc2C)n2nc(C)cc2C)n1.[O-]c1ccccc1.[O-]c1ccccc1.[S-2].[W]. The fraction of sp³-hybridized carbons (Fsp3) is 0.222. The van der Waals surface area contributed by atoms with Crippen LogP contribution < -0.4 is 10.2 Å². The Kier molecular flexibility index (Phi) is 13.2. The molecule has 3 heterocycles. The zero-order valence-electron chi connectivity index (χ0n) is 22.5. The van der Waals surface area contributed by atoms with Crippen LogP contribution >= 0.6 is 0 Å². The van der Waals surface area contributed by atoms with Crippen molar-refractivity contribution < 1.29 is 31.3 Å². The molecule has 0 saturated heterocycles. The molecule has 3 aromatic heterocycles. The van der Waals surface area contributed by atoms with Crippen molar-refractivity contribution in [2.75, 3.05) is 0 Å². The topological polar surface area (TPSA) is 99.6 Å². The second-order valence-electron chi connectivity index (χ2n) is 8.83. The molecule has 8 nitrogen and oxygen atoms in total. The first-order valence-corrected chi connectivity index (χ1v) is 11.9. The predicted molar refractivity (Wildman–Crippen MR) is 148 cm³/mol. The minimum Gasteiger partial charge on any atom is -2.00 e. The number of aromatic nitrogens is 6. The van der Waals surface area contributed by atoms with Crippen molar-refractivity contribution in [1.82, 2.24) is 29.1 Å². The molecule has 2 aromatic carbocycles. The maximum atomic E-state index is 10.3. The molecule has 0 amide bonds. The van der Waals surface area contributed by atoms with Crippen molar-refractivity contribution >= 4 is 20.6 Å². The number of hydrogen-bond acceptors (Lipinski definition) is 5. The van der Waals surface area contributed by atoms with E-state index in [4.69, 9.17) is 15.3 Å². The molecule has 0 fully saturated rings. The van der Waals surface area contributed by atoms with Crippen LogP contribution in [0.4, 0.5) is 0 Å². The van der Waals surface area contributed by atoms with Crippen molar-refractivity contribution in [3.63, 3.8) is 0 Å². The number of hydrogen-bond donors (Lipinski definition) is 0. The summed E-state index contributed by atoms with van der Waals surface area (Å²) < 4.78 is 6.19. The van der Waals surface area contributed by atoms with Gasteiger partial charge in [-0.15, -0.1) is 11.5 Å². The standard InChI is InChI=1S/C15H22BN6.2C6H6O.S.W/c1-10-7-13(4)20(17-10)16(21-14(5)8-11(2)18-21)22-15(6)9-12(3)19-22;2*7-6-4-2-1-3-5-6;;/h7-9,16H,1-6H3;2*1-5,7H;;/q-1;;;-2;/p-2. The van der Waals surface area contributed by atoms with Crippen molar-refractivity contribution in [2.45, 2.75) is 41.5 Å². The largest absolute Gasteiger partial charge is 2.00 e. The van der Waals surface area contributed by atoms with Gasteiger partial charge < -0.3 is 37.5 Å². The van der Waals surface area contributed by atoms with Gasteiger partial charge in [0.15, 0.2) is 0 Å². The van der Waals surface area contributed by atoms with E-state index in [1.807, 2.05) is 32.9 Å². The molecule has 0 bridgehead atoms. The molecule has 0 atom stereocenters. The molecule has 0 N–H and O–H groups in total. The second-order valence-corrected chi connectivity index (χ2v) is 8.83. The second kappa shape index (κ2) is 15.2. The van der Waals surface area contributed by atoms with Crippen molar-refractivity contribution in [2.24, 2.45) is 0 Å². The summed E-state index contributed by atoms with van der Waals surface area (Å²) in [6.07, 6.45) is 0. The molecule has 0 aliphatic rings. The van der Waals surface area contributed by atoms with Gasteiger partial charge in [0.25, 0.3) is 0 Å². The maximum absolute atomic E-state index is 10.3. The van der Waals surface area contributed by atoms with Gasteiger partial charge in [-0.2, -0.15) is 0 Å². The average Bonchev–Trinajstić information content (AvgIpc) is 3.46. The van der Waals surface area contributed by atoms with E-state index < -0.39 is 7.12 Å². The van der Waals surface area contributed by atoms with Crippen LogP contribution in [-0.2, 0) is 34.6 Å². The summed E-state index contributed by atoms with van der Waals surface area (Å²) in [5.74, 6) is 0.144. The summed E-state index contributed by atoms with van der Waals surface area (Å²) in [6, 6.07) is 22.9. The van der Waals surface area contributed by atoms with Gasteiger partial charge in [0, 0.05) is 21.1 Å². The molecule has 11 heteroatoms. The van der Waals surface area contributed by atoms with E-state index in [2.05, 4.69) is 52.7 Å². The molecule has 5 aromatic rings. The van der Waals surface area contributed by atoms with Crippen LogP contribution in [0, 0.1) is 41.5 Å². The van der Waals surface area contributed by atoms with Gasteiger partial charge in [0.05, 0.1) is 17.1 Å². The number of benzene rings is 2. The Labute approximate surface area is 246 Å². The molecule has 0 radical (unpaired) electrons. The molecule has 202 valence electrons. The summed E-state index contributed by atoms with van der Waals surface area (Å²) in [5.41, 5.74) is 6.40. The van der Waals surface area contributed by atoms with E-state index >= 15 is 0 Å². The summed E-state index contributed by atoms with van der Waals surface area (Å²) in [7, 11) is -1.26. The average molecular weight is 699 g/mol. The molecule has 0 saturated carbocycles. The fourth-order valence-corrected chi connectivity index (χ4v) is 4.11. The van der Waals surface area contributed by atoms with E-state index in [0.29, 0.717) is 0 Å². The van der Waals surface area contributed by atoms with Crippen LogP contribution in [0.1, 0.15) is 34.2 Å². The normalized spacial score (nSPS) is 9.87. The molecular formula is C27H32BN6O2SW-5. The molecule has 0 unspecified atom stereocenters. The van der Waals surface area contributed by atoms with E-state index in [1.165, 1.54) is 24.3 Å². The minimum absolute atomic E-state index is 0. The Bertz CT molecular complexity index is 1240. The first-order chi connectivity index (χ1) is 17.2. The molecule has 0 aliphatic carbocycles. The Hall–Kier alpha value is -3.23. The Morgan fingerprint density at radius 2 is 0.789 bits per heavy atom. The van der Waals surface area contributed by atoms with Crippen LogP contribution in [0.15, 0.2) is 78.9 Å². The van der Waals surface area contributed by atoms with Crippen LogP contribution in [0.2, 0.25) is 0 Å². The van der Waals surface area contributed by atoms with Gasteiger partial charge in [-0.05, 0) is 76.8 Å². The summed E-state index contributed by atoms with van der Waals surface area (Å²) >= 11 is 0. The van der Waals surface area contributed by atoms with E-state index in [0.717, 1.165) is 34.2 Å². The Morgan fingerprint density at radius 3 is 0.947 bits per heavy atom. The number of para-hydroxylation sites is 2. The molecule has 0 spiro atoms. The third-order valence-corrected chi connectivity index (χ3v) is 5.60. The Morgan fingerprint density at radius 1 is 0.526 bits per heavy atom. The third-order valence-electron chi connectivity index (χ3n) is 5.60. The van der Waals surface area contributed by atoms with Gasteiger partial charge >= 0.3 is 7.12 Å². The van der Waals surface area contributed by atoms with E-state index in [-0.39, 0.29) is 46.1 Å². The zero-order chi connectivity index (χ0) is 26.2. The quantitative estimate of drug-likeness (QED) is 0.270. The number of nitrogens with zero attached hydrogens (tertiary/aromatic N) is 6. The summed E-state index contributed by atoms with van der Waals surface area (Å²) in [5, 5.41) is 34.6. The molecule has 38 heavy (non-hydrogen) atoms. The van der Waals surface area contributed by atoms with Crippen LogP contribution in [0.25, 0.3) is 0 Å². The number of aryl methyl sites for hydroxylation is 6. The zero-order valence-corrected chi connectivity index (χ0v) is 26.3. The van der Waals surface area contributed by atoms with E-state index in [1.54, 1.807) is 24.3 Å². The van der Waals surface area contributed by atoms with Gasteiger partial charge in [-0.1, -0.05) is 60.7 Å². The summed E-state index contributed by atoms with van der Waals surface area (Å²) in [6.45, 7) is 12.3. The van der Waals surface area contributed by atoms with Gasteiger partial charge in [0.1, 0.15) is 0 Å². The minimum atomic E-state index is -1.26. The smallest absolute Gasteiger partial charge is 0.326 e. The van der Waals surface area contributed by atoms with Crippen LogP contribution in [0.5, 0.6) is 11.5 Å². The molecule has 0 aliphatic heterocycles. The van der Waals surface area contributed by atoms with Crippen LogP contribution in [-0.4, -0.2) is 36.2 Å². The van der Waals surface area contributed by atoms with Gasteiger partial charge in [-0.3, -0.25) is 0 Å². The predicted octanol–water partition coefficient (Wildman–Crippen LogP) is 3.30. The maximum Gasteiger partial charge on any atom is 0.326 e. The fourth-order valence-electron chi connectivity index (χ4n) is 4.11. The van der Waals surface area contributed by atoms with E-state index in [9.17, 15) is 10.2 Å². The monoisotopic (exact) mass is 699 g/mol. The van der Waals surface area contributed by atoms with Crippen molar-refractivity contribution in [3.8, 4) is 11.5 Å². The Balaban J connectivity index is 0.000000371. The molecule has 5 rings (SSSR count). The van der Waals surface area contributed by atoms with Gasteiger partial charge in [0.2, 0.25) is 0 Å². The van der Waals surface area contributed by atoms with Crippen molar-refractivity contribution in [3.05, 3.63) is 113 Å². The van der Waals surface area contributed by atoms with Gasteiger partial charge in [-0.25, -0.2) is 15.3 Å².